The molecule has 4 aromatic carbocycles. The summed E-state index contributed by atoms with van der Waals surface area (Å²) in [4.78, 5) is 123. The maximum atomic E-state index is 14.1. The smallest absolute Gasteiger partial charge is 0.411 e. The van der Waals surface area contributed by atoms with Crippen LogP contribution in [0.25, 0.3) is 0 Å². The minimum atomic E-state index is -1.12. The van der Waals surface area contributed by atoms with Gasteiger partial charge >= 0.3 is 18.1 Å². The zero-order valence-electron chi connectivity index (χ0n) is 51.3. The Kier molecular flexibility index (Phi) is 24.2. The fourth-order valence-electron chi connectivity index (χ4n) is 9.88. The summed E-state index contributed by atoms with van der Waals surface area (Å²) in [5, 5.41) is 29.2. The molecule has 0 spiro atoms. The van der Waals surface area contributed by atoms with Crippen molar-refractivity contribution in [1.29, 1.82) is 0 Å². The summed E-state index contributed by atoms with van der Waals surface area (Å²) >= 11 is 0. The van der Waals surface area contributed by atoms with Crippen LogP contribution in [0.15, 0.2) is 109 Å². The average molecular weight is 1180 g/mol. The van der Waals surface area contributed by atoms with Gasteiger partial charge in [-0.25, -0.2) is 14.4 Å². The van der Waals surface area contributed by atoms with Crippen LogP contribution in [0.5, 0.6) is 0 Å². The molecular weight excluding hydrogens is 1100 g/mol. The van der Waals surface area contributed by atoms with E-state index in [4.69, 9.17) is 10.5 Å². The number of carboxylic acids is 1. The lowest BCUT2D eigenvalue weighted by Crippen LogP contribution is -2.61. The number of aliphatic carboxylic acids is 1. The maximum Gasteiger partial charge on any atom is 0.411 e. The number of amides is 9. The number of nitrogens with zero attached hydrogens (tertiary/aromatic N) is 2. The molecular formula is C65H84N10O11. The van der Waals surface area contributed by atoms with Gasteiger partial charge in [0.05, 0.1) is 24.3 Å². The molecule has 0 unspecified atom stereocenters. The number of nitrogens with two attached hydrogens (primary N) is 1. The summed E-state index contributed by atoms with van der Waals surface area (Å²) in [6, 6.07) is 23.0. The Morgan fingerprint density at radius 2 is 1.34 bits per heavy atom. The van der Waals surface area contributed by atoms with E-state index in [1.807, 2.05) is 97.0 Å². The molecule has 0 saturated carbocycles. The standard InChI is InChI=1S/C65H84N10O11/c1-39(2)51(36-41(5)61(82)83)74(12)60(81)56(64(6,7)8)73-59(80)55(67-11)65(9,10)46-27-31-48(32-28-46)70-63(85)86-38-42-23-29-47(30-24-42)69-57(78)49(21-17-35-68-62(66)84)71-58(79)54(40(3)4)72-52(76)33-34-53(77)75-37-45-20-14-13-18-43(45)25-26-44-19-15-16-22-50(44)75/h13-16,18-20,22-24,27-32,36,39-40,49,51,54-56,67H,17,21,33-35,37-38H2,1-12H3,(H,69,78)(H,70,85)(H,71,79)(H,72,76)(H,73,80)(H,82,83)(H3,66,68,84)/b41-36+/t49-,51+,54-,55+,56+/m0/s1. The van der Waals surface area contributed by atoms with Crippen LogP contribution in [0.4, 0.5) is 26.7 Å². The third-order valence-electron chi connectivity index (χ3n) is 15.0. The predicted octanol–water partition coefficient (Wildman–Crippen LogP) is 7.09. The number of ether oxygens (including phenoxy) is 1. The Morgan fingerprint density at radius 1 is 0.733 bits per heavy atom. The normalized spacial score (nSPS) is 13.9. The van der Waals surface area contributed by atoms with Gasteiger partial charge in [-0.2, -0.15) is 0 Å². The van der Waals surface area contributed by atoms with Gasteiger partial charge in [0.1, 0.15) is 24.7 Å². The van der Waals surface area contributed by atoms with Crippen molar-refractivity contribution < 1.29 is 53.0 Å². The summed E-state index contributed by atoms with van der Waals surface area (Å²) in [5.41, 5.74) is 8.89. The van der Waals surface area contributed by atoms with Gasteiger partial charge in [0.2, 0.25) is 35.4 Å². The highest BCUT2D eigenvalue weighted by Crippen LogP contribution is 2.31. The zero-order valence-corrected chi connectivity index (χ0v) is 51.3. The number of carboxylic acid groups (broad SMARTS) is 1. The van der Waals surface area contributed by atoms with Crippen molar-refractivity contribution in [2.75, 3.05) is 36.2 Å². The van der Waals surface area contributed by atoms with Gasteiger partial charge in [-0.1, -0.05) is 135 Å². The Hall–Kier alpha value is -9.03. The van der Waals surface area contributed by atoms with E-state index in [0.29, 0.717) is 28.2 Å². The Balaban J connectivity index is 1.16. The average Bonchev–Trinajstić information content (AvgIpc) is 1.31. The van der Waals surface area contributed by atoms with Crippen molar-refractivity contribution >= 4 is 70.6 Å². The minimum Gasteiger partial charge on any atom is -0.478 e. The number of fused-ring (bicyclic) bond motifs is 2. The second-order valence-electron chi connectivity index (χ2n) is 23.7. The van der Waals surface area contributed by atoms with E-state index in [1.165, 1.54) is 11.8 Å². The maximum absolute atomic E-state index is 14.1. The molecule has 0 bridgehead atoms. The number of hydrogen-bond acceptors (Lipinski definition) is 11. The molecule has 5 rings (SSSR count). The number of carbonyl (C=O) groups excluding carboxylic acids is 8. The topological polar surface area (TPSA) is 300 Å². The number of carbonyl (C=O) groups is 9. The lowest BCUT2D eigenvalue weighted by molar-refractivity contribution is -0.141. The molecule has 1 heterocycles. The monoisotopic (exact) mass is 1180 g/mol. The van der Waals surface area contributed by atoms with E-state index in [2.05, 4.69) is 49.1 Å². The van der Waals surface area contributed by atoms with Crippen molar-refractivity contribution in [3.8, 4) is 11.8 Å². The number of benzene rings is 4. The van der Waals surface area contributed by atoms with E-state index in [9.17, 15) is 48.3 Å². The molecule has 21 heteroatoms. The van der Waals surface area contributed by atoms with Crippen LogP contribution >= 0.6 is 0 Å². The van der Waals surface area contributed by atoms with E-state index in [-0.39, 0.29) is 68.7 Å². The molecule has 460 valence electrons. The Morgan fingerprint density at radius 3 is 1.94 bits per heavy atom. The van der Waals surface area contributed by atoms with Gasteiger partial charge in [-0.05, 0) is 103 Å². The van der Waals surface area contributed by atoms with Crippen molar-refractivity contribution in [1.82, 2.24) is 31.5 Å². The van der Waals surface area contributed by atoms with Crippen LogP contribution in [0.1, 0.15) is 123 Å². The third-order valence-corrected chi connectivity index (χ3v) is 15.0. The van der Waals surface area contributed by atoms with Crippen LogP contribution < -0.4 is 47.9 Å². The number of para-hydroxylation sites is 1. The molecule has 21 nitrogen and oxygen atoms in total. The Bertz CT molecular complexity index is 3190. The van der Waals surface area contributed by atoms with Crippen LogP contribution in [0, 0.1) is 29.1 Å². The number of nitrogens with one attached hydrogen (secondary N) is 7. The lowest BCUT2D eigenvalue weighted by Gasteiger charge is -2.40. The highest BCUT2D eigenvalue weighted by molar-refractivity contribution is 6.00. The number of anilines is 3. The van der Waals surface area contributed by atoms with Gasteiger partial charge in [-0.3, -0.25) is 34.1 Å². The molecule has 0 aliphatic carbocycles. The second kappa shape index (κ2) is 30.7. The fourth-order valence-corrected chi connectivity index (χ4v) is 9.88. The Labute approximate surface area is 504 Å². The van der Waals surface area contributed by atoms with Gasteiger partial charge in [0.25, 0.3) is 0 Å². The van der Waals surface area contributed by atoms with Gasteiger partial charge in [-0.15, -0.1) is 0 Å². The first-order valence-electron chi connectivity index (χ1n) is 28.7. The largest absolute Gasteiger partial charge is 0.478 e. The quantitative estimate of drug-likeness (QED) is 0.0173. The molecule has 4 aromatic rings. The van der Waals surface area contributed by atoms with Crippen LogP contribution in [0.3, 0.4) is 0 Å². The van der Waals surface area contributed by atoms with Crippen molar-refractivity contribution in [2.45, 2.75) is 144 Å². The van der Waals surface area contributed by atoms with Gasteiger partial charge < -0.3 is 57.3 Å². The first kappa shape index (κ1) is 67.8. The minimum absolute atomic E-state index is 0.0860. The number of rotatable bonds is 26. The van der Waals surface area contributed by atoms with Crippen molar-refractivity contribution in [3.63, 3.8) is 0 Å². The highest BCUT2D eigenvalue weighted by atomic mass is 16.5. The first-order valence-corrected chi connectivity index (χ1v) is 28.7. The second-order valence-corrected chi connectivity index (χ2v) is 23.7. The van der Waals surface area contributed by atoms with E-state index >= 15 is 0 Å². The molecule has 9 amide bonds. The van der Waals surface area contributed by atoms with Crippen molar-refractivity contribution in [2.24, 2.45) is 23.0 Å². The third kappa shape index (κ3) is 19.0. The van der Waals surface area contributed by atoms with E-state index in [0.717, 1.165) is 16.7 Å². The molecule has 1 aliphatic rings. The lowest BCUT2D eigenvalue weighted by atomic mass is 9.76. The van der Waals surface area contributed by atoms with E-state index in [1.54, 1.807) is 87.4 Å². The summed E-state index contributed by atoms with van der Waals surface area (Å²) in [6.07, 6.45) is 0.783. The van der Waals surface area contributed by atoms with Crippen molar-refractivity contribution in [3.05, 3.63) is 137 Å². The summed E-state index contributed by atoms with van der Waals surface area (Å²) in [6.45, 7) is 18.3. The molecule has 5 atom stereocenters. The molecule has 1 aliphatic heterocycles. The molecule has 0 saturated heterocycles. The molecule has 0 fully saturated rings. The summed E-state index contributed by atoms with van der Waals surface area (Å²) in [7, 11) is 3.26. The number of primary amides is 1. The zero-order chi connectivity index (χ0) is 63.6. The number of urea groups is 1. The van der Waals surface area contributed by atoms with Gasteiger partial charge in [0.15, 0.2) is 0 Å². The molecule has 86 heavy (non-hydrogen) atoms. The summed E-state index contributed by atoms with van der Waals surface area (Å²) < 4.78 is 5.51. The van der Waals surface area contributed by atoms with Crippen LogP contribution in [-0.4, -0.2) is 114 Å². The highest BCUT2D eigenvalue weighted by Gasteiger charge is 2.42. The molecule has 0 radical (unpaired) electrons. The first-order chi connectivity index (χ1) is 40.5. The number of hydrogen-bond donors (Lipinski definition) is 9. The fraction of sp³-hybridized carbons (Fsp3) is 0.431. The molecule has 0 aromatic heterocycles. The SMILES string of the molecule is CN[C@H](C(=O)N[C@H](C(=O)N(C)[C@H](/C=C(\C)C(=O)O)C(C)C)C(C)(C)C)C(C)(C)c1ccc(NC(=O)OCc2ccc(NC(=O)[C@H](CCCNC(N)=O)NC(=O)[C@@H](NC(=O)CCC(=O)N3Cc4ccccc4C#Cc4ccccc43)C(C)C)cc2)cc1. The molecule has 10 N–H and O–H groups in total. The van der Waals surface area contributed by atoms with Gasteiger partial charge in [0, 0.05) is 59.9 Å². The predicted molar refractivity (Wildman–Crippen MR) is 330 cm³/mol. The summed E-state index contributed by atoms with van der Waals surface area (Å²) in [5.74, 6) is 1.90. The van der Waals surface area contributed by atoms with Crippen LogP contribution in [0.2, 0.25) is 0 Å². The number of likely N-dealkylation sites (N-methyl/N-ethyl adjacent to an activating group) is 2. The van der Waals surface area contributed by atoms with Crippen LogP contribution in [-0.2, 0) is 56.9 Å². The van der Waals surface area contributed by atoms with E-state index < -0.39 is 88.7 Å².